The minimum atomic E-state index is -0.588. The van der Waals surface area contributed by atoms with E-state index < -0.39 is 17.9 Å². The smallest absolute Gasteiger partial charge is 0.338 e. The van der Waals surface area contributed by atoms with E-state index in [-0.39, 0.29) is 0 Å². The molecule has 0 fully saturated rings. The number of ether oxygens (including phenoxy) is 3. The molecule has 5 nitrogen and oxygen atoms in total. The number of carbonyl (C=O) groups is 2. The Morgan fingerprint density at radius 1 is 0.958 bits per heavy atom. The fourth-order valence-corrected chi connectivity index (χ4v) is 3.17. The van der Waals surface area contributed by atoms with E-state index in [1.54, 1.807) is 25.6 Å². The van der Waals surface area contributed by atoms with E-state index >= 15 is 0 Å². The van der Waals surface area contributed by atoms with Crippen LogP contribution in [-0.2, 0) is 23.8 Å². The molecule has 0 amide bonds. The van der Waals surface area contributed by atoms with Crippen LogP contribution in [0.5, 0.6) is 0 Å². The van der Waals surface area contributed by atoms with Gasteiger partial charge in [-0.2, -0.15) is 0 Å². The molecule has 0 saturated heterocycles. The van der Waals surface area contributed by atoms with Crippen LogP contribution in [0.15, 0.2) is 51.8 Å². The molecule has 0 atom stereocenters. The summed E-state index contributed by atoms with van der Waals surface area (Å²) >= 11 is 1.62. The van der Waals surface area contributed by atoms with Gasteiger partial charge in [-0.3, -0.25) is 0 Å². The number of benzene rings is 1. The fourth-order valence-electron chi connectivity index (χ4n) is 2.76. The van der Waals surface area contributed by atoms with Crippen LogP contribution in [0.1, 0.15) is 25.3 Å². The normalized spacial score (nSPS) is 15.2. The van der Waals surface area contributed by atoms with E-state index in [9.17, 15) is 9.59 Å². The fraction of sp³-hybridized carbons (Fsp3) is 0.333. The van der Waals surface area contributed by atoms with Crippen LogP contribution in [-0.4, -0.2) is 32.4 Å². The van der Waals surface area contributed by atoms with Crippen LogP contribution in [0.2, 0.25) is 0 Å². The molecular weight excluding hydrogens is 328 g/mol. The summed E-state index contributed by atoms with van der Waals surface area (Å²) in [5.41, 5.74) is 1.41. The Bertz CT molecular complexity index is 677. The van der Waals surface area contributed by atoms with Gasteiger partial charge in [-0.1, -0.05) is 12.1 Å². The van der Waals surface area contributed by atoms with Crippen molar-refractivity contribution in [2.24, 2.45) is 0 Å². The van der Waals surface area contributed by atoms with E-state index in [1.807, 2.05) is 30.5 Å². The second-order valence-corrected chi connectivity index (χ2v) is 6.11. The Hall–Kier alpha value is -2.21. The summed E-state index contributed by atoms with van der Waals surface area (Å²) in [6.07, 6.45) is 1.98. The highest BCUT2D eigenvalue weighted by Gasteiger charge is 2.38. The average Bonchev–Trinajstić information content (AvgIpc) is 2.60. The van der Waals surface area contributed by atoms with Gasteiger partial charge in [0.1, 0.15) is 11.5 Å². The van der Waals surface area contributed by atoms with E-state index in [4.69, 9.17) is 14.2 Å². The third-order valence-electron chi connectivity index (χ3n) is 3.90. The van der Waals surface area contributed by atoms with Crippen LogP contribution in [0.3, 0.4) is 0 Å². The molecule has 0 N–H and O–H groups in total. The molecule has 24 heavy (non-hydrogen) atoms. The maximum Gasteiger partial charge on any atom is 0.338 e. The molecule has 0 saturated carbocycles. The zero-order chi connectivity index (χ0) is 17.9. The molecule has 128 valence electrons. The predicted molar refractivity (Wildman–Crippen MR) is 91.5 cm³/mol. The zero-order valence-electron chi connectivity index (χ0n) is 14.3. The van der Waals surface area contributed by atoms with Crippen LogP contribution in [0, 0.1) is 0 Å². The highest BCUT2D eigenvalue weighted by Crippen LogP contribution is 2.41. The SMILES string of the molecule is COC(=O)C1=C(C)OC(C)=C(C(=O)OC)C1c1ccc(SC)cc1. The Kier molecular flexibility index (Phi) is 5.72. The van der Waals surface area contributed by atoms with Crippen molar-refractivity contribution in [2.75, 3.05) is 20.5 Å². The summed E-state index contributed by atoms with van der Waals surface area (Å²) in [6, 6.07) is 7.69. The molecule has 2 rings (SSSR count). The van der Waals surface area contributed by atoms with Gasteiger partial charge in [-0.25, -0.2) is 9.59 Å². The first-order chi connectivity index (χ1) is 11.4. The Morgan fingerprint density at radius 3 is 1.79 bits per heavy atom. The number of hydrogen-bond acceptors (Lipinski definition) is 6. The Labute approximate surface area is 145 Å². The lowest BCUT2D eigenvalue weighted by molar-refractivity contribution is -0.137. The second-order valence-electron chi connectivity index (χ2n) is 5.23. The average molecular weight is 348 g/mol. The third-order valence-corrected chi connectivity index (χ3v) is 4.65. The molecule has 0 aliphatic carbocycles. The summed E-state index contributed by atoms with van der Waals surface area (Å²) in [7, 11) is 2.61. The van der Waals surface area contributed by atoms with E-state index in [1.165, 1.54) is 14.2 Å². The molecule has 0 radical (unpaired) electrons. The molecule has 1 heterocycles. The number of allylic oxidation sites excluding steroid dienone is 2. The van der Waals surface area contributed by atoms with Gasteiger partial charge in [0, 0.05) is 4.90 Å². The van der Waals surface area contributed by atoms with Gasteiger partial charge in [-0.05, 0) is 37.8 Å². The van der Waals surface area contributed by atoms with Crippen molar-refractivity contribution in [3.63, 3.8) is 0 Å². The van der Waals surface area contributed by atoms with Crippen LogP contribution in [0.4, 0.5) is 0 Å². The van der Waals surface area contributed by atoms with Crippen molar-refractivity contribution >= 4 is 23.7 Å². The molecule has 1 aromatic rings. The maximum absolute atomic E-state index is 12.3. The summed E-state index contributed by atoms with van der Waals surface area (Å²) in [5, 5.41) is 0. The molecule has 1 aromatic carbocycles. The maximum atomic E-state index is 12.3. The number of hydrogen-bond donors (Lipinski definition) is 0. The lowest BCUT2D eigenvalue weighted by Gasteiger charge is -2.29. The van der Waals surface area contributed by atoms with Gasteiger partial charge in [-0.15, -0.1) is 11.8 Å². The second kappa shape index (κ2) is 7.57. The summed E-state index contributed by atoms with van der Waals surface area (Å²) in [4.78, 5) is 25.7. The van der Waals surface area contributed by atoms with Crippen molar-refractivity contribution in [1.29, 1.82) is 0 Å². The van der Waals surface area contributed by atoms with Crippen LogP contribution >= 0.6 is 11.8 Å². The first-order valence-corrected chi connectivity index (χ1v) is 8.57. The first-order valence-electron chi connectivity index (χ1n) is 7.34. The van der Waals surface area contributed by atoms with Gasteiger partial charge < -0.3 is 14.2 Å². The molecule has 1 aliphatic rings. The highest BCUT2D eigenvalue weighted by molar-refractivity contribution is 7.98. The van der Waals surface area contributed by atoms with Crippen molar-refractivity contribution in [1.82, 2.24) is 0 Å². The lowest BCUT2D eigenvalue weighted by atomic mass is 9.82. The van der Waals surface area contributed by atoms with Gasteiger partial charge in [0.15, 0.2) is 0 Å². The molecule has 1 aliphatic heterocycles. The molecule has 0 unspecified atom stereocenters. The number of rotatable bonds is 4. The van der Waals surface area contributed by atoms with E-state index in [0.717, 1.165) is 10.5 Å². The van der Waals surface area contributed by atoms with Gasteiger partial charge in [0.25, 0.3) is 0 Å². The molecule has 0 spiro atoms. The minimum Gasteiger partial charge on any atom is -0.466 e. The van der Waals surface area contributed by atoms with Crippen molar-refractivity contribution in [2.45, 2.75) is 24.7 Å². The molecular formula is C18H20O5S. The highest BCUT2D eigenvalue weighted by atomic mass is 32.2. The largest absolute Gasteiger partial charge is 0.466 e. The van der Waals surface area contributed by atoms with Crippen LogP contribution in [0.25, 0.3) is 0 Å². The lowest BCUT2D eigenvalue weighted by Crippen LogP contribution is -2.26. The zero-order valence-corrected chi connectivity index (χ0v) is 15.2. The topological polar surface area (TPSA) is 61.8 Å². The number of thioether (sulfide) groups is 1. The quantitative estimate of drug-likeness (QED) is 0.614. The van der Waals surface area contributed by atoms with Gasteiger partial charge in [0.05, 0.1) is 31.3 Å². The predicted octanol–water partition coefficient (Wildman–Crippen LogP) is 3.42. The Morgan fingerprint density at radius 2 is 1.42 bits per heavy atom. The molecule has 0 bridgehead atoms. The number of carbonyl (C=O) groups excluding carboxylic acids is 2. The van der Waals surface area contributed by atoms with Crippen LogP contribution < -0.4 is 0 Å². The van der Waals surface area contributed by atoms with Crippen molar-refractivity contribution < 1.29 is 23.8 Å². The standard InChI is InChI=1S/C18H20O5S/c1-10-14(17(19)21-3)16(12-6-8-13(24-5)9-7-12)15(11(2)23-10)18(20)22-4/h6-9,16H,1-5H3. The Balaban J connectivity index is 2.64. The van der Waals surface area contributed by atoms with Crippen molar-refractivity contribution in [3.8, 4) is 0 Å². The first kappa shape index (κ1) is 18.1. The van der Waals surface area contributed by atoms with E-state index in [2.05, 4.69) is 0 Å². The summed E-state index contributed by atoms with van der Waals surface area (Å²) in [5.74, 6) is -0.799. The van der Waals surface area contributed by atoms with Gasteiger partial charge in [0.2, 0.25) is 0 Å². The van der Waals surface area contributed by atoms with Gasteiger partial charge >= 0.3 is 11.9 Å². The minimum absolute atomic E-state index is 0.306. The molecule has 0 aromatic heterocycles. The third kappa shape index (κ3) is 3.33. The molecule has 6 heteroatoms. The van der Waals surface area contributed by atoms with E-state index in [0.29, 0.717) is 22.7 Å². The number of methoxy groups -OCH3 is 2. The summed E-state index contributed by atoms with van der Waals surface area (Å²) < 4.78 is 15.4. The summed E-state index contributed by atoms with van der Waals surface area (Å²) in [6.45, 7) is 3.38. The van der Waals surface area contributed by atoms with Crippen molar-refractivity contribution in [3.05, 3.63) is 52.5 Å². The number of esters is 2. The monoisotopic (exact) mass is 348 g/mol.